The molecule has 0 aliphatic carbocycles. The highest BCUT2D eigenvalue weighted by molar-refractivity contribution is 7.98. The van der Waals surface area contributed by atoms with E-state index in [-0.39, 0.29) is 0 Å². The smallest absolute Gasteiger partial charge is 0.123 e. The summed E-state index contributed by atoms with van der Waals surface area (Å²) in [5.41, 5.74) is 2.69. The number of rotatable bonds is 4. The number of methoxy groups -OCH3 is 1. The first-order chi connectivity index (χ1) is 8.24. The molecule has 1 N–H and O–H groups in total. The number of hydrogen-bond acceptors (Lipinski definition) is 3. The molecule has 0 spiro atoms. The van der Waals surface area contributed by atoms with Crippen LogP contribution in [0, 0.1) is 6.92 Å². The molecule has 1 fully saturated rings. The minimum Gasteiger partial charge on any atom is -0.496 e. The van der Waals surface area contributed by atoms with Crippen LogP contribution in [-0.2, 0) is 6.42 Å². The maximum absolute atomic E-state index is 5.51. The summed E-state index contributed by atoms with van der Waals surface area (Å²) in [6.07, 6.45) is 5.78. The Morgan fingerprint density at radius 2 is 2.29 bits per heavy atom. The lowest BCUT2D eigenvalue weighted by Gasteiger charge is -2.16. The van der Waals surface area contributed by atoms with Crippen LogP contribution in [0.1, 0.15) is 24.0 Å². The Morgan fingerprint density at radius 3 is 2.88 bits per heavy atom. The van der Waals surface area contributed by atoms with Gasteiger partial charge in [0.05, 0.1) is 7.11 Å². The second-order valence-electron chi connectivity index (χ2n) is 4.63. The summed E-state index contributed by atoms with van der Waals surface area (Å²) < 4.78 is 5.51. The molecule has 0 bridgehead atoms. The van der Waals surface area contributed by atoms with Crippen LogP contribution in [0.15, 0.2) is 17.0 Å². The van der Waals surface area contributed by atoms with Crippen molar-refractivity contribution >= 4 is 11.8 Å². The molecular weight excluding hydrogens is 230 g/mol. The number of nitrogens with one attached hydrogen (secondary N) is 1. The van der Waals surface area contributed by atoms with Gasteiger partial charge in [0.1, 0.15) is 5.75 Å². The van der Waals surface area contributed by atoms with E-state index in [0.717, 1.165) is 18.7 Å². The number of ether oxygens (including phenoxy) is 1. The summed E-state index contributed by atoms with van der Waals surface area (Å²) in [6, 6.07) is 5.08. The molecule has 0 radical (unpaired) electrons. The van der Waals surface area contributed by atoms with E-state index >= 15 is 0 Å². The molecule has 1 aliphatic heterocycles. The van der Waals surface area contributed by atoms with E-state index in [0.29, 0.717) is 6.04 Å². The molecule has 1 aromatic rings. The van der Waals surface area contributed by atoms with Crippen LogP contribution in [0.2, 0.25) is 0 Å². The Balaban J connectivity index is 2.22. The van der Waals surface area contributed by atoms with Crippen LogP contribution in [0.3, 0.4) is 0 Å². The van der Waals surface area contributed by atoms with Crippen molar-refractivity contribution in [3.8, 4) is 5.75 Å². The average Bonchev–Trinajstić information content (AvgIpc) is 2.82. The Morgan fingerprint density at radius 1 is 1.47 bits per heavy atom. The van der Waals surface area contributed by atoms with E-state index in [1.54, 1.807) is 18.9 Å². The predicted molar refractivity (Wildman–Crippen MR) is 74.2 cm³/mol. The first-order valence-electron chi connectivity index (χ1n) is 6.19. The summed E-state index contributed by atoms with van der Waals surface area (Å²) in [5.74, 6) is 1.04. The second kappa shape index (κ2) is 5.78. The molecule has 1 aromatic carbocycles. The first-order valence-corrected chi connectivity index (χ1v) is 7.42. The first kappa shape index (κ1) is 12.8. The lowest BCUT2D eigenvalue weighted by Crippen LogP contribution is -2.23. The quantitative estimate of drug-likeness (QED) is 0.831. The van der Waals surface area contributed by atoms with E-state index in [4.69, 9.17) is 4.74 Å². The van der Waals surface area contributed by atoms with E-state index in [1.165, 1.54) is 28.9 Å². The van der Waals surface area contributed by atoms with E-state index in [9.17, 15) is 0 Å². The predicted octanol–water partition coefficient (Wildman–Crippen LogP) is 3.02. The van der Waals surface area contributed by atoms with E-state index in [2.05, 4.69) is 30.6 Å². The fraction of sp³-hybridized carbons (Fsp3) is 0.571. The minimum atomic E-state index is 0.628. The average molecular weight is 251 g/mol. The van der Waals surface area contributed by atoms with Gasteiger partial charge in [-0.3, -0.25) is 0 Å². The molecule has 94 valence electrons. The van der Waals surface area contributed by atoms with Gasteiger partial charge in [0.2, 0.25) is 0 Å². The lowest BCUT2D eigenvalue weighted by molar-refractivity contribution is 0.405. The van der Waals surface area contributed by atoms with Crippen molar-refractivity contribution < 1.29 is 4.74 Å². The van der Waals surface area contributed by atoms with Crippen LogP contribution in [-0.4, -0.2) is 26.0 Å². The zero-order valence-electron chi connectivity index (χ0n) is 10.9. The van der Waals surface area contributed by atoms with Gasteiger partial charge in [-0.05, 0) is 56.2 Å². The largest absolute Gasteiger partial charge is 0.496 e. The zero-order valence-corrected chi connectivity index (χ0v) is 11.7. The molecule has 2 nitrogen and oxygen atoms in total. The van der Waals surface area contributed by atoms with E-state index < -0.39 is 0 Å². The molecule has 17 heavy (non-hydrogen) atoms. The number of benzene rings is 1. The molecular formula is C14H21NOS. The highest BCUT2D eigenvalue weighted by Crippen LogP contribution is 2.30. The summed E-state index contributed by atoms with van der Waals surface area (Å²) >= 11 is 1.78. The third-order valence-corrected chi connectivity index (χ3v) is 4.31. The molecule has 1 heterocycles. The molecule has 0 saturated carbocycles. The third-order valence-electron chi connectivity index (χ3n) is 3.43. The van der Waals surface area contributed by atoms with Gasteiger partial charge in [0.25, 0.3) is 0 Å². The fourth-order valence-electron chi connectivity index (χ4n) is 2.50. The van der Waals surface area contributed by atoms with Crippen molar-refractivity contribution in [3.63, 3.8) is 0 Å². The van der Waals surface area contributed by atoms with Gasteiger partial charge in [-0.2, -0.15) is 0 Å². The summed E-state index contributed by atoms with van der Waals surface area (Å²) in [6.45, 7) is 3.34. The monoisotopic (exact) mass is 251 g/mol. The van der Waals surface area contributed by atoms with Gasteiger partial charge in [-0.1, -0.05) is 6.07 Å². The van der Waals surface area contributed by atoms with Crippen LogP contribution >= 0.6 is 11.8 Å². The Kier molecular flexibility index (Phi) is 4.35. The topological polar surface area (TPSA) is 21.3 Å². The number of aryl methyl sites for hydroxylation is 1. The van der Waals surface area contributed by atoms with Gasteiger partial charge in [-0.25, -0.2) is 0 Å². The number of hydrogen-bond donors (Lipinski definition) is 1. The third kappa shape index (κ3) is 2.96. The maximum Gasteiger partial charge on any atom is 0.123 e. The number of thioether (sulfide) groups is 1. The maximum atomic E-state index is 5.51. The van der Waals surface area contributed by atoms with Crippen LogP contribution in [0.25, 0.3) is 0 Å². The fourth-order valence-corrected chi connectivity index (χ4v) is 3.10. The van der Waals surface area contributed by atoms with Gasteiger partial charge < -0.3 is 10.1 Å². The molecule has 1 atom stereocenters. The van der Waals surface area contributed by atoms with Crippen molar-refractivity contribution in [1.82, 2.24) is 5.32 Å². The van der Waals surface area contributed by atoms with Crippen LogP contribution < -0.4 is 10.1 Å². The van der Waals surface area contributed by atoms with Gasteiger partial charge in [0, 0.05) is 10.9 Å². The van der Waals surface area contributed by atoms with Gasteiger partial charge in [-0.15, -0.1) is 11.8 Å². The van der Waals surface area contributed by atoms with Crippen molar-refractivity contribution in [2.24, 2.45) is 0 Å². The Bertz CT molecular complexity index is 386. The van der Waals surface area contributed by atoms with Crippen molar-refractivity contribution in [2.75, 3.05) is 19.9 Å². The highest BCUT2D eigenvalue weighted by atomic mass is 32.2. The molecule has 3 heteroatoms. The SMILES string of the molecule is COc1cc(SC)c(C)cc1CC1CCCN1. The highest BCUT2D eigenvalue weighted by Gasteiger charge is 2.17. The zero-order chi connectivity index (χ0) is 12.3. The molecule has 1 aliphatic rings. The van der Waals surface area contributed by atoms with Crippen molar-refractivity contribution in [3.05, 3.63) is 23.3 Å². The summed E-state index contributed by atoms with van der Waals surface area (Å²) in [4.78, 5) is 1.31. The summed E-state index contributed by atoms with van der Waals surface area (Å²) in [7, 11) is 1.76. The standard InChI is InChI=1S/C14H21NOS/c1-10-7-11(8-12-5-4-6-15-12)13(16-2)9-14(10)17-3/h7,9,12,15H,4-6,8H2,1-3H3. The minimum absolute atomic E-state index is 0.628. The van der Waals surface area contributed by atoms with Crippen molar-refractivity contribution in [2.45, 2.75) is 37.1 Å². The van der Waals surface area contributed by atoms with Gasteiger partial charge in [0.15, 0.2) is 0 Å². The molecule has 0 aromatic heterocycles. The molecule has 0 amide bonds. The van der Waals surface area contributed by atoms with Crippen molar-refractivity contribution in [1.29, 1.82) is 0 Å². The second-order valence-corrected chi connectivity index (χ2v) is 5.48. The van der Waals surface area contributed by atoms with Crippen LogP contribution in [0.5, 0.6) is 5.75 Å². The normalized spacial score (nSPS) is 19.6. The molecule has 2 rings (SSSR count). The Hall–Kier alpha value is -0.670. The van der Waals surface area contributed by atoms with E-state index in [1.807, 2.05) is 0 Å². The van der Waals surface area contributed by atoms with Crippen LogP contribution in [0.4, 0.5) is 0 Å². The molecule has 1 saturated heterocycles. The molecule has 1 unspecified atom stereocenters. The Labute approximate surface area is 108 Å². The summed E-state index contributed by atoms with van der Waals surface area (Å²) in [5, 5.41) is 3.54. The van der Waals surface area contributed by atoms with Gasteiger partial charge >= 0.3 is 0 Å². The lowest BCUT2D eigenvalue weighted by atomic mass is 10.0.